The van der Waals surface area contributed by atoms with Gasteiger partial charge in [0, 0.05) is 42.9 Å². The van der Waals surface area contributed by atoms with Crippen molar-refractivity contribution in [2.24, 2.45) is 4.99 Å². The highest BCUT2D eigenvalue weighted by molar-refractivity contribution is 14.1. The molecule has 2 aliphatic rings. The number of halogens is 1. The van der Waals surface area contributed by atoms with Crippen LogP contribution in [0.1, 0.15) is 41.0 Å². The van der Waals surface area contributed by atoms with E-state index >= 15 is 0 Å². The molecule has 2 amide bonds. The van der Waals surface area contributed by atoms with E-state index in [-0.39, 0.29) is 28.8 Å². The average Bonchev–Trinajstić information content (AvgIpc) is 3.20. The number of piperidine rings is 1. The smallest absolute Gasteiger partial charge is 0.302 e. The fourth-order valence-corrected chi connectivity index (χ4v) is 4.57. The van der Waals surface area contributed by atoms with Gasteiger partial charge in [-0.15, -0.1) is 0 Å². The van der Waals surface area contributed by atoms with Crippen LogP contribution in [0.25, 0.3) is 0 Å². The zero-order valence-corrected chi connectivity index (χ0v) is 20.2. The van der Waals surface area contributed by atoms with Gasteiger partial charge in [-0.2, -0.15) is 4.99 Å². The molecule has 4 heterocycles. The second-order valence-corrected chi connectivity index (χ2v) is 8.95. The number of aryl methyl sites for hydroxylation is 1. The molecule has 2 aromatic heterocycles. The van der Waals surface area contributed by atoms with E-state index in [9.17, 15) is 9.59 Å². The molecule has 12 heteroatoms. The van der Waals surface area contributed by atoms with Crippen LogP contribution in [-0.4, -0.2) is 62.8 Å². The number of carbonyl (C=O) groups excluding carboxylic acids is 2. The lowest BCUT2D eigenvalue weighted by Crippen LogP contribution is -2.53. The Morgan fingerprint density at radius 3 is 2.70 bits per heavy atom. The fourth-order valence-electron chi connectivity index (χ4n) is 4.01. The van der Waals surface area contributed by atoms with Gasteiger partial charge in [-0.25, -0.2) is 9.97 Å². The lowest BCUT2D eigenvalue weighted by Gasteiger charge is -2.38. The van der Waals surface area contributed by atoms with E-state index in [1.165, 1.54) is 0 Å². The monoisotopic (exact) mass is 563 g/mol. The van der Waals surface area contributed by atoms with Crippen LogP contribution in [0.4, 0.5) is 11.6 Å². The normalized spacial score (nSPS) is 18.2. The molecule has 0 radical (unpaired) electrons. The van der Waals surface area contributed by atoms with Crippen LogP contribution < -0.4 is 22.1 Å². The van der Waals surface area contributed by atoms with E-state index in [2.05, 4.69) is 53.2 Å². The van der Waals surface area contributed by atoms with E-state index in [1.54, 1.807) is 12.4 Å². The first-order valence-corrected chi connectivity index (χ1v) is 12.2. The van der Waals surface area contributed by atoms with Crippen LogP contribution in [-0.2, 0) is 15.6 Å². The molecule has 11 nitrogen and oxygen atoms in total. The third kappa shape index (κ3) is 5.31. The summed E-state index contributed by atoms with van der Waals surface area (Å²) in [5.41, 5.74) is 12.9. The van der Waals surface area contributed by atoms with Gasteiger partial charge in [0.2, 0.25) is 5.91 Å². The minimum absolute atomic E-state index is 0.0121. The first-order chi connectivity index (χ1) is 15.9. The summed E-state index contributed by atoms with van der Waals surface area (Å²) in [6.45, 7) is 1.92. The molecule has 0 atom stereocenters. The number of amides is 2. The van der Waals surface area contributed by atoms with E-state index in [0.717, 1.165) is 18.4 Å². The second kappa shape index (κ2) is 9.85. The number of alkyl halides is 1. The number of rotatable bonds is 5. The minimum Gasteiger partial charge on any atom is -0.382 e. The number of nitrogens with zero attached hydrogens (tertiary/aromatic N) is 5. The number of nitrogens with two attached hydrogens (primary N) is 2. The summed E-state index contributed by atoms with van der Waals surface area (Å²) in [7, 11) is 0. The quantitative estimate of drug-likeness (QED) is 0.302. The summed E-state index contributed by atoms with van der Waals surface area (Å²) in [6.07, 6.45) is 6.19. The maximum Gasteiger partial charge on any atom is 0.302 e. The Morgan fingerprint density at radius 2 is 2.00 bits per heavy atom. The van der Waals surface area contributed by atoms with Gasteiger partial charge in [-0.3, -0.25) is 14.6 Å². The van der Waals surface area contributed by atoms with Crippen LogP contribution in [0.5, 0.6) is 0 Å². The van der Waals surface area contributed by atoms with Crippen LogP contribution in [0, 0.1) is 0 Å². The number of carbonyl (C=O) groups is 2. The second-order valence-electron chi connectivity index (χ2n) is 8.19. The van der Waals surface area contributed by atoms with Crippen molar-refractivity contribution in [3.63, 3.8) is 0 Å². The molecule has 0 bridgehead atoms. The Hall–Kier alpha value is -3.03. The van der Waals surface area contributed by atoms with E-state index < -0.39 is 5.91 Å². The predicted octanol–water partition coefficient (Wildman–Crippen LogP) is 0.654. The van der Waals surface area contributed by atoms with Crippen LogP contribution in [0.3, 0.4) is 0 Å². The third-order valence-electron chi connectivity index (χ3n) is 5.97. The van der Waals surface area contributed by atoms with Crippen LogP contribution in [0.15, 0.2) is 29.5 Å². The number of aromatic nitrogens is 3. The molecular formula is C21H26IN9O2. The van der Waals surface area contributed by atoms with Crippen molar-refractivity contribution >= 4 is 52.0 Å². The van der Waals surface area contributed by atoms with Gasteiger partial charge in [0.05, 0.1) is 11.2 Å². The lowest BCUT2D eigenvalue weighted by molar-refractivity contribution is -0.132. The Kier molecular flexibility index (Phi) is 6.91. The van der Waals surface area contributed by atoms with Gasteiger partial charge >= 0.3 is 5.91 Å². The number of pyridine rings is 1. The molecule has 33 heavy (non-hydrogen) atoms. The standard InChI is InChI=1S/C21H26IN9O2/c22-10-14-17(23)28-18(24)16(27-14)19(33)29-20-26-12-21(30-20)5-8-31(9-6-21)15(32)4-3-13-2-1-7-25-11-13/h1-2,7,11H,3-6,8-10,12H2,(H4,23,24,28)(H2,26,29,30,33). The van der Waals surface area contributed by atoms with Gasteiger partial charge in [-0.1, -0.05) is 28.7 Å². The molecule has 1 spiro atoms. The van der Waals surface area contributed by atoms with E-state index in [0.29, 0.717) is 48.6 Å². The van der Waals surface area contributed by atoms with Crippen molar-refractivity contribution in [3.8, 4) is 0 Å². The van der Waals surface area contributed by atoms with Crippen molar-refractivity contribution in [1.82, 2.24) is 30.5 Å². The third-order valence-corrected chi connectivity index (χ3v) is 6.69. The van der Waals surface area contributed by atoms with Crippen molar-refractivity contribution in [2.75, 3.05) is 31.1 Å². The molecule has 2 aliphatic heterocycles. The molecule has 6 N–H and O–H groups in total. The molecule has 0 unspecified atom stereocenters. The van der Waals surface area contributed by atoms with Crippen molar-refractivity contribution in [2.45, 2.75) is 35.6 Å². The number of likely N-dealkylation sites (tertiary alicyclic amines) is 1. The van der Waals surface area contributed by atoms with Gasteiger partial charge in [0.15, 0.2) is 17.5 Å². The number of aliphatic imine (C=N–C) groups is 1. The highest BCUT2D eigenvalue weighted by Crippen LogP contribution is 2.25. The lowest BCUT2D eigenvalue weighted by atomic mass is 9.88. The van der Waals surface area contributed by atoms with E-state index in [4.69, 9.17) is 11.5 Å². The summed E-state index contributed by atoms with van der Waals surface area (Å²) >= 11 is 2.09. The number of guanidine groups is 1. The predicted molar refractivity (Wildman–Crippen MR) is 133 cm³/mol. The number of hydrogen-bond donors (Lipinski definition) is 4. The highest BCUT2D eigenvalue weighted by atomic mass is 127. The molecule has 4 rings (SSSR count). The number of nitrogens with one attached hydrogen (secondary N) is 2. The Bertz CT molecular complexity index is 1070. The number of anilines is 2. The minimum atomic E-state index is -0.582. The molecule has 174 valence electrons. The zero-order chi connectivity index (χ0) is 23.4. The fraction of sp³-hybridized carbons (Fsp3) is 0.429. The van der Waals surface area contributed by atoms with E-state index in [1.807, 2.05) is 17.0 Å². The molecule has 0 saturated carbocycles. The zero-order valence-electron chi connectivity index (χ0n) is 18.1. The SMILES string of the molecule is Nc1nc(N)c(C(=O)/N=C2\NCC3(CCN(C(=O)CCc4cccnc4)CC3)N2)nc1CI. The highest BCUT2D eigenvalue weighted by Gasteiger charge is 2.40. The topological polar surface area (TPSA) is 165 Å². The molecular weight excluding hydrogens is 537 g/mol. The van der Waals surface area contributed by atoms with Gasteiger partial charge in [0.1, 0.15) is 5.82 Å². The summed E-state index contributed by atoms with van der Waals surface area (Å²) in [4.78, 5) is 43.6. The Morgan fingerprint density at radius 1 is 1.21 bits per heavy atom. The number of nitrogen functional groups attached to an aromatic ring is 2. The van der Waals surface area contributed by atoms with Crippen LogP contribution in [0.2, 0.25) is 0 Å². The van der Waals surface area contributed by atoms with Crippen molar-refractivity contribution in [3.05, 3.63) is 41.5 Å². The van der Waals surface area contributed by atoms with Crippen LogP contribution >= 0.6 is 22.6 Å². The van der Waals surface area contributed by atoms with Gasteiger partial charge in [0.25, 0.3) is 0 Å². The summed E-state index contributed by atoms with van der Waals surface area (Å²) in [5.74, 6) is 0.115. The first kappa shape index (κ1) is 23.1. The molecule has 2 fully saturated rings. The molecule has 2 aromatic rings. The summed E-state index contributed by atoms with van der Waals surface area (Å²) in [5, 5.41) is 6.50. The first-order valence-electron chi connectivity index (χ1n) is 10.7. The molecule has 2 saturated heterocycles. The summed E-state index contributed by atoms with van der Waals surface area (Å²) < 4.78 is 0.505. The van der Waals surface area contributed by atoms with Crippen molar-refractivity contribution in [1.29, 1.82) is 0 Å². The summed E-state index contributed by atoms with van der Waals surface area (Å²) in [6, 6.07) is 3.86. The molecule has 0 aromatic carbocycles. The Balaban J connectivity index is 1.33. The number of hydrogen-bond acceptors (Lipinski definition) is 7. The maximum atomic E-state index is 12.7. The van der Waals surface area contributed by atoms with Gasteiger partial charge < -0.3 is 27.0 Å². The Labute approximate surface area is 205 Å². The molecule has 0 aliphatic carbocycles. The maximum absolute atomic E-state index is 12.7. The average molecular weight is 563 g/mol. The van der Waals surface area contributed by atoms with Gasteiger partial charge in [-0.05, 0) is 30.9 Å². The largest absolute Gasteiger partial charge is 0.382 e. The van der Waals surface area contributed by atoms with Crippen molar-refractivity contribution < 1.29 is 9.59 Å².